The number of nitrogens with zero attached hydrogens (tertiary/aromatic N) is 2. The molecule has 0 saturated heterocycles. The molecule has 18 heavy (non-hydrogen) atoms. The molecule has 0 bridgehead atoms. The van der Waals surface area contributed by atoms with Gasteiger partial charge in [0.25, 0.3) is 0 Å². The summed E-state index contributed by atoms with van der Waals surface area (Å²) < 4.78 is 38.6. The fourth-order valence-electron chi connectivity index (χ4n) is 1.51. The summed E-state index contributed by atoms with van der Waals surface area (Å²) in [6.45, 7) is 1.93. The maximum Gasteiger partial charge on any atom is 0.243 e. The van der Waals surface area contributed by atoms with E-state index in [1.54, 1.807) is 6.92 Å². The fourth-order valence-corrected chi connectivity index (χ4v) is 3.02. The van der Waals surface area contributed by atoms with Crippen LogP contribution >= 0.6 is 0 Å². The molecule has 0 radical (unpaired) electrons. The van der Waals surface area contributed by atoms with Crippen molar-refractivity contribution in [1.29, 1.82) is 5.26 Å². The molecule has 0 spiro atoms. The smallest absolute Gasteiger partial charge is 0.243 e. The zero-order valence-corrected chi connectivity index (χ0v) is 10.7. The Hall–Kier alpha value is -1.65. The molecule has 0 aliphatic heterocycles. The topological polar surface area (TPSA) is 87.2 Å². The SMILES string of the molecule is CCN(CCC#N)S(=O)(=O)c1cc(N)cc(F)c1. The van der Waals surface area contributed by atoms with Gasteiger partial charge in [-0.2, -0.15) is 9.57 Å². The summed E-state index contributed by atoms with van der Waals surface area (Å²) in [5, 5.41) is 8.48. The maximum atomic E-state index is 13.2. The molecule has 0 amide bonds. The van der Waals surface area contributed by atoms with E-state index in [0.717, 1.165) is 16.4 Å². The lowest BCUT2D eigenvalue weighted by atomic mass is 10.3. The molecule has 0 unspecified atom stereocenters. The van der Waals surface area contributed by atoms with E-state index in [1.165, 1.54) is 6.07 Å². The van der Waals surface area contributed by atoms with Crippen LogP contribution in [0.3, 0.4) is 0 Å². The first-order chi connectivity index (χ1) is 8.41. The Morgan fingerprint density at radius 1 is 1.44 bits per heavy atom. The number of halogens is 1. The highest BCUT2D eigenvalue weighted by Crippen LogP contribution is 2.20. The first kappa shape index (κ1) is 14.4. The number of nitrogens with two attached hydrogens (primary N) is 1. The lowest BCUT2D eigenvalue weighted by Crippen LogP contribution is -2.31. The number of sulfonamides is 1. The van der Waals surface area contributed by atoms with Gasteiger partial charge in [0.2, 0.25) is 10.0 Å². The van der Waals surface area contributed by atoms with Crippen molar-refractivity contribution < 1.29 is 12.8 Å². The lowest BCUT2D eigenvalue weighted by Gasteiger charge is -2.19. The largest absolute Gasteiger partial charge is 0.399 e. The Balaban J connectivity index is 3.15. The Bertz CT molecular complexity index is 546. The van der Waals surface area contributed by atoms with E-state index in [-0.39, 0.29) is 30.1 Å². The predicted octanol–water partition coefficient (Wildman–Crippen LogP) is 1.33. The number of nitrogen functional groups attached to an aromatic ring is 1. The monoisotopic (exact) mass is 271 g/mol. The number of hydrogen-bond donors (Lipinski definition) is 1. The van der Waals surface area contributed by atoms with Crippen LogP contribution in [0, 0.1) is 17.1 Å². The molecule has 0 aliphatic carbocycles. The molecule has 0 saturated carbocycles. The van der Waals surface area contributed by atoms with Gasteiger partial charge in [-0.1, -0.05) is 6.92 Å². The van der Waals surface area contributed by atoms with Crippen LogP contribution in [-0.4, -0.2) is 25.8 Å². The third-order valence-electron chi connectivity index (χ3n) is 2.36. The molecular weight excluding hydrogens is 257 g/mol. The van der Waals surface area contributed by atoms with Crippen molar-refractivity contribution in [1.82, 2.24) is 4.31 Å². The molecule has 5 nitrogen and oxygen atoms in total. The van der Waals surface area contributed by atoms with Gasteiger partial charge in [-0.25, -0.2) is 12.8 Å². The van der Waals surface area contributed by atoms with E-state index in [4.69, 9.17) is 11.0 Å². The maximum absolute atomic E-state index is 13.2. The average Bonchev–Trinajstić information content (AvgIpc) is 2.28. The van der Waals surface area contributed by atoms with E-state index in [0.29, 0.717) is 0 Å². The molecular formula is C11H14FN3O2S. The van der Waals surface area contributed by atoms with E-state index in [1.807, 2.05) is 6.07 Å². The third-order valence-corrected chi connectivity index (χ3v) is 4.31. The minimum Gasteiger partial charge on any atom is -0.399 e. The van der Waals surface area contributed by atoms with E-state index < -0.39 is 15.8 Å². The molecule has 0 fully saturated rings. The van der Waals surface area contributed by atoms with Gasteiger partial charge < -0.3 is 5.73 Å². The second kappa shape index (κ2) is 5.80. The zero-order valence-electron chi connectivity index (χ0n) is 9.93. The highest BCUT2D eigenvalue weighted by molar-refractivity contribution is 7.89. The summed E-state index contributed by atoms with van der Waals surface area (Å²) in [5.41, 5.74) is 5.47. The lowest BCUT2D eigenvalue weighted by molar-refractivity contribution is 0.434. The van der Waals surface area contributed by atoms with Gasteiger partial charge in [0.15, 0.2) is 0 Å². The van der Waals surface area contributed by atoms with Crippen molar-refractivity contribution in [3.63, 3.8) is 0 Å². The van der Waals surface area contributed by atoms with Gasteiger partial charge in [0.1, 0.15) is 5.82 Å². The van der Waals surface area contributed by atoms with E-state index >= 15 is 0 Å². The van der Waals surface area contributed by atoms with Crippen LogP contribution < -0.4 is 5.73 Å². The molecule has 0 aliphatic rings. The number of anilines is 1. The van der Waals surface area contributed by atoms with Gasteiger partial charge in [0.05, 0.1) is 11.0 Å². The van der Waals surface area contributed by atoms with Crippen molar-refractivity contribution in [2.75, 3.05) is 18.8 Å². The van der Waals surface area contributed by atoms with Crippen LogP contribution in [0.1, 0.15) is 13.3 Å². The van der Waals surface area contributed by atoms with Crippen molar-refractivity contribution in [2.45, 2.75) is 18.2 Å². The number of benzene rings is 1. The molecule has 0 atom stereocenters. The Kier molecular flexibility index (Phi) is 4.64. The van der Waals surface area contributed by atoms with Crippen LogP contribution in [0.15, 0.2) is 23.1 Å². The Morgan fingerprint density at radius 2 is 2.11 bits per heavy atom. The number of rotatable bonds is 5. The molecule has 7 heteroatoms. The summed E-state index contributed by atoms with van der Waals surface area (Å²) in [6.07, 6.45) is 0.0812. The summed E-state index contributed by atoms with van der Waals surface area (Å²) in [6, 6.07) is 5.04. The van der Waals surface area contributed by atoms with Gasteiger partial charge in [-0.15, -0.1) is 0 Å². The molecule has 0 heterocycles. The highest BCUT2D eigenvalue weighted by Gasteiger charge is 2.23. The summed E-state index contributed by atoms with van der Waals surface area (Å²) >= 11 is 0. The standard InChI is InChI=1S/C11H14FN3O2S/c1-2-15(5-3-4-13)18(16,17)11-7-9(12)6-10(14)8-11/h6-8H,2-3,5,14H2,1H3. The summed E-state index contributed by atoms with van der Waals surface area (Å²) in [7, 11) is -3.81. The van der Waals surface area contributed by atoms with Gasteiger partial charge >= 0.3 is 0 Å². The van der Waals surface area contributed by atoms with Gasteiger partial charge in [0, 0.05) is 25.2 Å². The van der Waals surface area contributed by atoms with E-state index in [9.17, 15) is 12.8 Å². The van der Waals surface area contributed by atoms with Crippen LogP contribution in [0.4, 0.5) is 10.1 Å². The predicted molar refractivity (Wildman–Crippen MR) is 65.5 cm³/mol. The van der Waals surface area contributed by atoms with Crippen molar-refractivity contribution in [3.8, 4) is 6.07 Å². The third kappa shape index (κ3) is 3.18. The number of nitriles is 1. The first-order valence-electron chi connectivity index (χ1n) is 5.35. The van der Waals surface area contributed by atoms with Crippen LogP contribution in [0.25, 0.3) is 0 Å². The zero-order chi connectivity index (χ0) is 13.8. The average molecular weight is 271 g/mol. The van der Waals surface area contributed by atoms with Crippen molar-refractivity contribution >= 4 is 15.7 Å². The molecule has 1 rings (SSSR count). The molecule has 1 aromatic carbocycles. The quantitative estimate of drug-likeness (QED) is 0.818. The van der Waals surface area contributed by atoms with Crippen LogP contribution in [0.5, 0.6) is 0 Å². The minimum atomic E-state index is -3.81. The summed E-state index contributed by atoms with van der Waals surface area (Å²) in [4.78, 5) is -0.195. The highest BCUT2D eigenvalue weighted by atomic mass is 32.2. The second-order valence-electron chi connectivity index (χ2n) is 3.63. The van der Waals surface area contributed by atoms with Crippen molar-refractivity contribution in [2.24, 2.45) is 0 Å². The van der Waals surface area contributed by atoms with Gasteiger partial charge in [-0.3, -0.25) is 0 Å². The molecule has 0 aromatic heterocycles. The summed E-state index contributed by atoms with van der Waals surface area (Å²) in [5.74, 6) is -0.704. The van der Waals surface area contributed by atoms with E-state index in [2.05, 4.69) is 0 Å². The number of hydrogen-bond acceptors (Lipinski definition) is 4. The second-order valence-corrected chi connectivity index (χ2v) is 5.56. The van der Waals surface area contributed by atoms with Gasteiger partial charge in [-0.05, 0) is 18.2 Å². The Labute approximate surface area is 106 Å². The molecule has 98 valence electrons. The van der Waals surface area contributed by atoms with Crippen LogP contribution in [-0.2, 0) is 10.0 Å². The molecule has 2 N–H and O–H groups in total. The fraction of sp³-hybridized carbons (Fsp3) is 0.364. The van der Waals surface area contributed by atoms with Crippen molar-refractivity contribution in [3.05, 3.63) is 24.0 Å². The normalized spacial score (nSPS) is 11.4. The Morgan fingerprint density at radius 3 is 2.61 bits per heavy atom. The minimum absolute atomic E-state index is 0.0462. The molecule has 1 aromatic rings. The van der Waals surface area contributed by atoms with Crippen LogP contribution in [0.2, 0.25) is 0 Å². The first-order valence-corrected chi connectivity index (χ1v) is 6.79.